The summed E-state index contributed by atoms with van der Waals surface area (Å²) in [4.78, 5) is 48.8. The molecule has 1 fully saturated rings. The van der Waals surface area contributed by atoms with Crippen molar-refractivity contribution in [2.45, 2.75) is 31.8 Å². The minimum absolute atomic E-state index is 0.131. The van der Waals surface area contributed by atoms with Gasteiger partial charge in [0.1, 0.15) is 24.2 Å². The summed E-state index contributed by atoms with van der Waals surface area (Å²) in [6.45, 7) is 4.29. The van der Waals surface area contributed by atoms with Gasteiger partial charge in [0.15, 0.2) is 23.1 Å². The third kappa shape index (κ3) is 4.20. The zero-order valence-corrected chi connectivity index (χ0v) is 20.3. The van der Waals surface area contributed by atoms with Crippen molar-refractivity contribution in [2.24, 2.45) is 5.16 Å². The smallest absolute Gasteiger partial charge is 0.276 e. The first-order chi connectivity index (χ1) is 15.7. The van der Waals surface area contributed by atoms with Crippen LogP contribution in [0.5, 0.6) is 0 Å². The number of aryl methyl sites for hydroxylation is 1. The Kier molecular flexibility index (Phi) is 6.41. The standard InChI is InChI=1S/C19H20N6O5S3/c1-8-9(2)33-7-24(8)4-10-5-31-17-13(16(27)25(17)14(10)18(28)29)22-15(26)12(23-30-3)11-6-32-19(20)21-11/h6-7,13,17H,4-5H2,1-3H3,(H3-,20,21,22,26,28,29)/b23-12-/t13-,17-/m1/s1. The Morgan fingerprint density at radius 2 is 2.18 bits per heavy atom. The van der Waals surface area contributed by atoms with Crippen LogP contribution in [0.3, 0.4) is 0 Å². The highest BCUT2D eigenvalue weighted by molar-refractivity contribution is 8.00. The van der Waals surface area contributed by atoms with Gasteiger partial charge in [-0.05, 0) is 6.92 Å². The average Bonchev–Trinajstić information content (AvgIpc) is 3.35. The first-order valence-corrected chi connectivity index (χ1v) is 12.5. The predicted molar refractivity (Wildman–Crippen MR) is 121 cm³/mol. The molecule has 2 atom stereocenters. The number of nitrogens with zero attached hydrogens (tertiary/aromatic N) is 4. The molecule has 14 heteroatoms. The number of carbonyl (C=O) groups is 3. The Labute approximate surface area is 200 Å². The number of fused-ring (bicyclic) bond motifs is 1. The fourth-order valence-electron chi connectivity index (χ4n) is 3.57. The maximum Gasteiger partial charge on any atom is 0.276 e. The molecular weight excluding hydrogens is 488 g/mol. The van der Waals surface area contributed by atoms with Crippen LogP contribution in [0.1, 0.15) is 16.3 Å². The number of hydrogen-bond acceptors (Lipinski definition) is 11. The van der Waals surface area contributed by atoms with Crippen LogP contribution in [0.15, 0.2) is 27.3 Å². The summed E-state index contributed by atoms with van der Waals surface area (Å²) in [5.41, 5.74) is 9.12. The Morgan fingerprint density at radius 3 is 2.76 bits per heavy atom. The summed E-state index contributed by atoms with van der Waals surface area (Å²) >= 11 is 4.08. The van der Waals surface area contributed by atoms with Crippen LogP contribution in [0.25, 0.3) is 0 Å². The Hall–Kier alpha value is -2.97. The van der Waals surface area contributed by atoms with Gasteiger partial charge in [0.25, 0.3) is 11.8 Å². The number of aliphatic carboxylic acids is 1. The quantitative estimate of drug-likeness (QED) is 0.212. The first kappa shape index (κ1) is 23.2. The molecule has 1 saturated heterocycles. The third-order valence-corrected chi connectivity index (χ3v) is 8.37. The SMILES string of the molecule is CO/N=C(\C(=O)N[C@@H]1C(=O)N2C(C(=O)[O-])=C(C[n+]3csc(C)c3C)CS[C@H]12)c1csc(N)n1. The molecule has 2 aromatic rings. The molecule has 2 aromatic heterocycles. The van der Waals surface area contributed by atoms with Crippen LogP contribution < -0.4 is 20.7 Å². The number of amides is 2. The summed E-state index contributed by atoms with van der Waals surface area (Å²) in [7, 11) is 1.28. The van der Waals surface area contributed by atoms with Gasteiger partial charge >= 0.3 is 0 Å². The number of β-lactam (4-membered cyclic amide) rings is 1. The second-order valence-corrected chi connectivity index (χ2v) is 10.3. The monoisotopic (exact) mass is 508 g/mol. The maximum atomic E-state index is 12.9. The number of carbonyl (C=O) groups excluding carboxylic acids is 3. The van der Waals surface area contributed by atoms with Gasteiger partial charge in [-0.25, -0.2) is 4.98 Å². The molecule has 0 bridgehead atoms. The lowest BCUT2D eigenvalue weighted by molar-refractivity contribution is -0.690. The van der Waals surface area contributed by atoms with Gasteiger partial charge in [0.2, 0.25) is 5.51 Å². The van der Waals surface area contributed by atoms with Crippen LogP contribution in [-0.4, -0.2) is 57.7 Å². The number of thioether (sulfide) groups is 1. The first-order valence-electron chi connectivity index (χ1n) is 9.68. The number of carboxylic acids is 1. The molecule has 2 amide bonds. The Morgan fingerprint density at radius 1 is 1.42 bits per heavy atom. The van der Waals surface area contributed by atoms with E-state index in [4.69, 9.17) is 10.6 Å². The number of carboxylic acid groups (broad SMARTS) is 1. The molecule has 0 saturated carbocycles. The molecule has 4 heterocycles. The molecule has 3 N–H and O–H groups in total. The van der Waals surface area contributed by atoms with E-state index in [0.717, 1.165) is 21.9 Å². The summed E-state index contributed by atoms with van der Waals surface area (Å²) < 4.78 is 1.95. The molecule has 174 valence electrons. The van der Waals surface area contributed by atoms with E-state index < -0.39 is 29.2 Å². The van der Waals surface area contributed by atoms with Crippen LogP contribution >= 0.6 is 34.4 Å². The number of oxime groups is 1. The number of nitrogens with two attached hydrogens (primary N) is 1. The molecule has 33 heavy (non-hydrogen) atoms. The highest BCUT2D eigenvalue weighted by Gasteiger charge is 2.53. The van der Waals surface area contributed by atoms with Crippen molar-refractivity contribution in [1.29, 1.82) is 0 Å². The largest absolute Gasteiger partial charge is 0.543 e. The lowest BCUT2D eigenvalue weighted by Crippen LogP contribution is -2.71. The van der Waals surface area contributed by atoms with Crippen molar-refractivity contribution in [1.82, 2.24) is 15.2 Å². The van der Waals surface area contributed by atoms with E-state index in [0.29, 0.717) is 17.9 Å². The van der Waals surface area contributed by atoms with Crippen LogP contribution in [0.2, 0.25) is 0 Å². The van der Waals surface area contributed by atoms with Crippen molar-refractivity contribution in [2.75, 3.05) is 18.6 Å². The minimum atomic E-state index is -1.42. The van der Waals surface area contributed by atoms with Gasteiger partial charge < -0.3 is 25.8 Å². The molecule has 2 aliphatic rings. The highest BCUT2D eigenvalue weighted by Crippen LogP contribution is 2.40. The summed E-state index contributed by atoms with van der Waals surface area (Å²) in [5.74, 6) is -2.24. The van der Waals surface area contributed by atoms with E-state index in [2.05, 4.69) is 15.5 Å². The number of anilines is 1. The number of thiazole rings is 2. The zero-order valence-electron chi connectivity index (χ0n) is 17.9. The third-order valence-electron chi connectivity index (χ3n) is 5.35. The van der Waals surface area contributed by atoms with Crippen molar-refractivity contribution in [3.63, 3.8) is 0 Å². The summed E-state index contributed by atoms with van der Waals surface area (Å²) in [5, 5.41) is 19.5. The number of hydrogen-bond donors (Lipinski definition) is 2. The number of nitrogen functional groups attached to an aromatic ring is 1. The summed E-state index contributed by atoms with van der Waals surface area (Å²) in [6.07, 6.45) is 0. The molecule has 0 radical (unpaired) electrons. The van der Waals surface area contributed by atoms with E-state index in [9.17, 15) is 19.5 Å². The van der Waals surface area contributed by atoms with Crippen LogP contribution in [0.4, 0.5) is 5.13 Å². The Balaban J connectivity index is 1.54. The van der Waals surface area contributed by atoms with E-state index in [1.807, 2.05) is 23.9 Å². The van der Waals surface area contributed by atoms with Crippen LogP contribution in [0, 0.1) is 13.8 Å². The normalized spacial score (nSPS) is 20.4. The fourth-order valence-corrected chi connectivity index (χ4v) is 6.25. The van der Waals surface area contributed by atoms with Crippen molar-refractivity contribution >= 4 is 63.1 Å². The molecule has 2 aliphatic heterocycles. The van der Waals surface area contributed by atoms with E-state index in [1.54, 1.807) is 16.7 Å². The van der Waals surface area contributed by atoms with Gasteiger partial charge in [-0.2, -0.15) is 4.57 Å². The van der Waals surface area contributed by atoms with Gasteiger partial charge in [-0.15, -0.1) is 23.1 Å². The summed E-state index contributed by atoms with van der Waals surface area (Å²) in [6, 6.07) is -0.922. The van der Waals surface area contributed by atoms with Gasteiger partial charge in [-0.3, -0.25) is 14.5 Å². The van der Waals surface area contributed by atoms with Crippen molar-refractivity contribution < 1.29 is 28.9 Å². The molecule has 0 aliphatic carbocycles. The molecule has 11 nitrogen and oxygen atoms in total. The number of rotatable bonds is 7. The number of nitrogens with one attached hydrogen (secondary N) is 1. The van der Waals surface area contributed by atoms with E-state index in [1.165, 1.54) is 23.8 Å². The van der Waals surface area contributed by atoms with Gasteiger partial charge in [0.05, 0.1) is 16.5 Å². The predicted octanol–water partition coefficient (Wildman–Crippen LogP) is -0.854. The lowest BCUT2D eigenvalue weighted by Gasteiger charge is -2.50. The topological polar surface area (TPSA) is 154 Å². The average molecular weight is 509 g/mol. The van der Waals surface area contributed by atoms with E-state index in [-0.39, 0.29) is 22.2 Å². The zero-order chi connectivity index (χ0) is 23.9. The number of aromatic nitrogens is 2. The lowest BCUT2D eigenvalue weighted by atomic mass is 10.0. The van der Waals surface area contributed by atoms with Crippen molar-refractivity contribution in [3.8, 4) is 0 Å². The molecule has 0 spiro atoms. The molecular formula is C19H20N6O5S3. The molecule has 0 aromatic carbocycles. The molecule has 0 unspecified atom stereocenters. The molecule has 4 rings (SSSR count). The Bertz CT molecular complexity index is 1200. The van der Waals surface area contributed by atoms with Gasteiger partial charge in [-0.1, -0.05) is 16.5 Å². The van der Waals surface area contributed by atoms with Gasteiger partial charge in [0, 0.05) is 23.6 Å². The highest BCUT2D eigenvalue weighted by atomic mass is 32.2. The second kappa shape index (κ2) is 9.11. The van der Waals surface area contributed by atoms with E-state index >= 15 is 0 Å². The van der Waals surface area contributed by atoms with Crippen molar-refractivity contribution in [3.05, 3.63) is 38.4 Å². The fraction of sp³-hybridized carbons (Fsp3) is 0.368. The van der Waals surface area contributed by atoms with Crippen LogP contribution in [-0.2, 0) is 25.8 Å². The maximum absolute atomic E-state index is 12.9. The minimum Gasteiger partial charge on any atom is -0.543 e. The second-order valence-electron chi connectivity index (χ2n) is 7.29.